The molecule has 1 unspecified atom stereocenters. The van der Waals surface area contributed by atoms with Gasteiger partial charge in [-0.1, -0.05) is 30.3 Å². The fraction of sp³-hybridized carbons (Fsp3) is 0.333. The van der Waals surface area contributed by atoms with Crippen LogP contribution in [-0.2, 0) is 22.3 Å². The molecular weight excluding hydrogens is 304 g/mol. The van der Waals surface area contributed by atoms with Crippen LogP contribution in [0.2, 0.25) is 0 Å². The summed E-state index contributed by atoms with van der Waals surface area (Å²) in [4.78, 5) is 1.04. The number of nitrogens with two attached hydrogens (primary N) is 1. The van der Waals surface area contributed by atoms with Gasteiger partial charge in [0.1, 0.15) is 0 Å². The molecule has 21 heavy (non-hydrogen) atoms. The Morgan fingerprint density at radius 2 is 1.81 bits per heavy atom. The van der Waals surface area contributed by atoms with Crippen LogP contribution in [0.3, 0.4) is 0 Å². The van der Waals surface area contributed by atoms with E-state index in [9.17, 15) is 8.42 Å². The Balaban J connectivity index is 2.13. The van der Waals surface area contributed by atoms with Gasteiger partial charge in [0, 0.05) is 18.5 Å². The first-order chi connectivity index (χ1) is 9.94. The van der Waals surface area contributed by atoms with Crippen LogP contribution in [0.4, 0.5) is 0 Å². The highest BCUT2D eigenvalue weighted by Crippen LogP contribution is 2.26. The lowest BCUT2D eigenvalue weighted by atomic mass is 10.1. The molecule has 2 rings (SSSR count). The van der Waals surface area contributed by atoms with Crippen LogP contribution in [0.15, 0.2) is 41.8 Å². The molecule has 0 fully saturated rings. The Kier molecular flexibility index (Phi) is 5.16. The van der Waals surface area contributed by atoms with Crippen molar-refractivity contribution in [2.45, 2.75) is 25.3 Å². The normalized spacial score (nSPS) is 13.5. The predicted molar refractivity (Wildman–Crippen MR) is 87.5 cm³/mol. The van der Waals surface area contributed by atoms with E-state index in [-0.39, 0.29) is 11.8 Å². The van der Waals surface area contributed by atoms with Gasteiger partial charge in [0.15, 0.2) is 0 Å². The van der Waals surface area contributed by atoms with Crippen molar-refractivity contribution in [2.24, 2.45) is 5.73 Å². The second kappa shape index (κ2) is 6.70. The van der Waals surface area contributed by atoms with E-state index in [1.165, 1.54) is 4.31 Å². The van der Waals surface area contributed by atoms with Crippen molar-refractivity contribution >= 4 is 21.4 Å². The molecule has 0 amide bonds. The van der Waals surface area contributed by atoms with E-state index in [1.807, 2.05) is 48.7 Å². The summed E-state index contributed by atoms with van der Waals surface area (Å²) in [5, 5.41) is 1.96. The summed E-state index contributed by atoms with van der Waals surface area (Å²) in [5.41, 5.74) is 7.32. The maximum atomic E-state index is 12.5. The molecule has 114 valence electrons. The van der Waals surface area contributed by atoms with Gasteiger partial charge in [-0.25, -0.2) is 8.42 Å². The smallest absolute Gasteiger partial charge is 0.218 e. The molecule has 2 N–H and O–H groups in total. The minimum atomic E-state index is -3.35. The van der Waals surface area contributed by atoms with Gasteiger partial charge >= 0.3 is 0 Å². The zero-order valence-electron chi connectivity index (χ0n) is 12.2. The number of nitrogens with zero attached hydrogens (tertiary/aromatic N) is 1. The fourth-order valence-corrected chi connectivity index (χ4v) is 4.34. The van der Waals surface area contributed by atoms with Gasteiger partial charge in [-0.15, -0.1) is 11.3 Å². The van der Waals surface area contributed by atoms with Crippen LogP contribution in [-0.4, -0.2) is 19.8 Å². The van der Waals surface area contributed by atoms with Crippen molar-refractivity contribution in [2.75, 3.05) is 7.05 Å². The number of rotatable bonds is 6. The molecule has 6 heteroatoms. The lowest BCUT2D eigenvalue weighted by molar-refractivity contribution is 0.402. The molecule has 1 atom stereocenters. The molecule has 1 aromatic carbocycles. The van der Waals surface area contributed by atoms with Gasteiger partial charge in [-0.05, 0) is 29.5 Å². The molecule has 0 bridgehead atoms. The molecule has 0 saturated carbocycles. The number of thiophene rings is 1. The van der Waals surface area contributed by atoms with Crippen molar-refractivity contribution in [3.63, 3.8) is 0 Å². The molecule has 0 aliphatic heterocycles. The highest BCUT2D eigenvalue weighted by atomic mass is 32.2. The second-order valence-corrected chi connectivity index (χ2v) is 7.99. The third-order valence-corrected chi connectivity index (χ3v) is 6.48. The first-order valence-electron chi connectivity index (χ1n) is 6.71. The maximum absolute atomic E-state index is 12.5. The number of hydrogen-bond acceptors (Lipinski definition) is 4. The first-order valence-corrected chi connectivity index (χ1v) is 9.20. The van der Waals surface area contributed by atoms with Crippen LogP contribution in [0, 0.1) is 0 Å². The SMILES string of the molecule is CC(c1cccs1)N(C)S(=O)(=O)Cc1ccc(CN)cc1. The lowest BCUT2D eigenvalue weighted by Crippen LogP contribution is -2.30. The molecule has 1 aromatic heterocycles. The van der Waals surface area contributed by atoms with Crippen molar-refractivity contribution in [1.29, 1.82) is 0 Å². The third-order valence-electron chi connectivity index (χ3n) is 3.55. The minimum absolute atomic E-state index is 0.00403. The monoisotopic (exact) mass is 324 g/mol. The molecule has 1 heterocycles. The third kappa shape index (κ3) is 3.91. The van der Waals surface area contributed by atoms with E-state index in [0.29, 0.717) is 6.54 Å². The minimum Gasteiger partial charge on any atom is -0.326 e. The molecule has 0 saturated heterocycles. The summed E-state index contributed by atoms with van der Waals surface area (Å²) in [6.07, 6.45) is 0. The topological polar surface area (TPSA) is 63.4 Å². The van der Waals surface area contributed by atoms with Gasteiger partial charge in [0.05, 0.1) is 11.8 Å². The number of hydrogen-bond donors (Lipinski definition) is 1. The van der Waals surface area contributed by atoms with Crippen molar-refractivity contribution in [3.8, 4) is 0 Å². The Morgan fingerprint density at radius 1 is 1.19 bits per heavy atom. The van der Waals surface area contributed by atoms with Crippen LogP contribution in [0.25, 0.3) is 0 Å². The van der Waals surface area contributed by atoms with Crippen LogP contribution >= 0.6 is 11.3 Å². The number of benzene rings is 1. The van der Waals surface area contributed by atoms with Gasteiger partial charge in [-0.3, -0.25) is 0 Å². The summed E-state index contributed by atoms with van der Waals surface area (Å²) in [7, 11) is -1.72. The Morgan fingerprint density at radius 3 is 2.33 bits per heavy atom. The average Bonchev–Trinajstić information content (AvgIpc) is 3.00. The molecule has 0 aliphatic carbocycles. The van der Waals surface area contributed by atoms with Crippen LogP contribution in [0.1, 0.15) is 29.0 Å². The van der Waals surface area contributed by atoms with Gasteiger partial charge in [0.2, 0.25) is 10.0 Å². The zero-order valence-corrected chi connectivity index (χ0v) is 13.8. The Hall–Kier alpha value is -1.21. The van der Waals surface area contributed by atoms with Crippen LogP contribution in [0.5, 0.6) is 0 Å². The van der Waals surface area contributed by atoms with E-state index in [1.54, 1.807) is 18.4 Å². The quantitative estimate of drug-likeness (QED) is 0.888. The van der Waals surface area contributed by atoms with E-state index in [2.05, 4.69) is 0 Å². The second-order valence-electron chi connectivity index (χ2n) is 4.98. The van der Waals surface area contributed by atoms with Crippen molar-refractivity contribution in [1.82, 2.24) is 4.31 Å². The highest BCUT2D eigenvalue weighted by Gasteiger charge is 2.25. The molecular formula is C15H20N2O2S2. The summed E-state index contributed by atoms with van der Waals surface area (Å²) >= 11 is 1.57. The summed E-state index contributed by atoms with van der Waals surface area (Å²) in [5.74, 6) is 0.00403. The summed E-state index contributed by atoms with van der Waals surface area (Å²) in [6, 6.07) is 11.1. The van der Waals surface area contributed by atoms with Crippen LogP contribution < -0.4 is 5.73 Å². The fourth-order valence-electron chi connectivity index (χ4n) is 2.03. The van der Waals surface area contributed by atoms with E-state index >= 15 is 0 Å². The maximum Gasteiger partial charge on any atom is 0.218 e. The molecule has 0 spiro atoms. The molecule has 0 radical (unpaired) electrons. The highest BCUT2D eigenvalue weighted by molar-refractivity contribution is 7.88. The Bertz CT molecular complexity index is 664. The lowest BCUT2D eigenvalue weighted by Gasteiger charge is -2.23. The van der Waals surface area contributed by atoms with Crippen molar-refractivity contribution in [3.05, 3.63) is 57.8 Å². The summed E-state index contributed by atoms with van der Waals surface area (Å²) in [6.45, 7) is 2.36. The van der Waals surface area contributed by atoms with E-state index < -0.39 is 10.0 Å². The molecule has 0 aliphatic rings. The Labute approximate surface area is 130 Å². The van der Waals surface area contributed by atoms with E-state index in [0.717, 1.165) is 16.0 Å². The molecule has 2 aromatic rings. The number of sulfonamides is 1. The van der Waals surface area contributed by atoms with Gasteiger partial charge in [0.25, 0.3) is 0 Å². The standard InChI is InChI=1S/C15H20N2O2S2/c1-12(15-4-3-9-20-15)17(2)21(18,19)11-14-7-5-13(10-16)6-8-14/h3-9,12H,10-11,16H2,1-2H3. The van der Waals surface area contributed by atoms with Gasteiger partial charge in [-0.2, -0.15) is 4.31 Å². The zero-order chi connectivity index (χ0) is 15.5. The summed E-state index contributed by atoms with van der Waals surface area (Å²) < 4.78 is 26.4. The molecule has 4 nitrogen and oxygen atoms in total. The largest absolute Gasteiger partial charge is 0.326 e. The van der Waals surface area contributed by atoms with Gasteiger partial charge < -0.3 is 5.73 Å². The first kappa shape index (κ1) is 16.2. The van der Waals surface area contributed by atoms with Crippen molar-refractivity contribution < 1.29 is 8.42 Å². The average molecular weight is 324 g/mol. The van der Waals surface area contributed by atoms with E-state index in [4.69, 9.17) is 5.73 Å². The predicted octanol–water partition coefficient (Wildman–Crippen LogP) is 2.73.